The van der Waals surface area contributed by atoms with Crippen molar-refractivity contribution in [2.24, 2.45) is 4.99 Å². The first-order valence-electron chi connectivity index (χ1n) is 8.10. The van der Waals surface area contributed by atoms with Crippen LogP contribution in [-0.4, -0.2) is 59.9 Å². The van der Waals surface area contributed by atoms with Crippen LogP contribution in [0.5, 0.6) is 5.75 Å². The molecule has 0 spiro atoms. The molecule has 0 saturated carbocycles. The lowest BCUT2D eigenvalue weighted by Crippen LogP contribution is -2.52. The van der Waals surface area contributed by atoms with E-state index in [4.69, 9.17) is 0 Å². The molecule has 1 aromatic carbocycles. The SMILES string of the molecule is O=Cc1cccc(CCCN2CCCN3CCCN=C32)c1O. The van der Waals surface area contributed by atoms with Gasteiger partial charge in [0.2, 0.25) is 0 Å². The Morgan fingerprint density at radius 1 is 1.23 bits per heavy atom. The lowest BCUT2D eigenvalue weighted by Gasteiger charge is -2.41. The highest BCUT2D eigenvalue weighted by Crippen LogP contribution is 2.22. The van der Waals surface area contributed by atoms with Gasteiger partial charge in [0.05, 0.1) is 5.56 Å². The van der Waals surface area contributed by atoms with Crippen molar-refractivity contribution in [3.05, 3.63) is 29.3 Å². The number of carbonyl (C=O) groups is 1. The normalized spacial score (nSPS) is 17.9. The van der Waals surface area contributed by atoms with Crippen molar-refractivity contribution in [3.8, 4) is 5.75 Å². The minimum Gasteiger partial charge on any atom is -0.507 e. The second-order valence-corrected chi connectivity index (χ2v) is 5.94. The Morgan fingerprint density at radius 2 is 2.09 bits per heavy atom. The Labute approximate surface area is 131 Å². The maximum absolute atomic E-state index is 10.9. The number of benzene rings is 1. The molecule has 22 heavy (non-hydrogen) atoms. The van der Waals surface area contributed by atoms with Gasteiger partial charge in [-0.15, -0.1) is 0 Å². The summed E-state index contributed by atoms with van der Waals surface area (Å²) in [6.07, 6.45) is 4.77. The lowest BCUT2D eigenvalue weighted by atomic mass is 10.0. The number of phenols is 1. The number of hydrogen-bond acceptors (Lipinski definition) is 5. The molecule has 0 aliphatic carbocycles. The summed E-state index contributed by atoms with van der Waals surface area (Å²) < 4.78 is 0. The van der Waals surface area contributed by atoms with Gasteiger partial charge in [-0.05, 0) is 37.3 Å². The van der Waals surface area contributed by atoms with Crippen molar-refractivity contribution in [3.63, 3.8) is 0 Å². The van der Waals surface area contributed by atoms with Crippen molar-refractivity contribution in [1.29, 1.82) is 0 Å². The first-order valence-corrected chi connectivity index (χ1v) is 8.10. The Morgan fingerprint density at radius 3 is 2.95 bits per heavy atom. The number of aryl methyl sites for hydroxylation is 1. The monoisotopic (exact) mass is 301 g/mol. The summed E-state index contributed by atoms with van der Waals surface area (Å²) in [6.45, 7) is 5.19. The van der Waals surface area contributed by atoms with Crippen LogP contribution in [0.4, 0.5) is 0 Å². The van der Waals surface area contributed by atoms with E-state index in [2.05, 4.69) is 14.8 Å². The summed E-state index contributed by atoms with van der Waals surface area (Å²) in [4.78, 5) is 20.3. The van der Waals surface area contributed by atoms with Gasteiger partial charge in [-0.25, -0.2) is 0 Å². The van der Waals surface area contributed by atoms with E-state index in [1.165, 1.54) is 6.42 Å². The molecule has 3 rings (SSSR count). The van der Waals surface area contributed by atoms with E-state index >= 15 is 0 Å². The van der Waals surface area contributed by atoms with Crippen molar-refractivity contribution < 1.29 is 9.90 Å². The summed E-state index contributed by atoms with van der Waals surface area (Å²) in [5, 5.41) is 10.0. The number of rotatable bonds is 5. The zero-order valence-corrected chi connectivity index (χ0v) is 12.9. The number of hydrogen-bond donors (Lipinski definition) is 1. The van der Waals surface area contributed by atoms with Gasteiger partial charge >= 0.3 is 0 Å². The number of guanidine groups is 1. The van der Waals surface area contributed by atoms with Crippen LogP contribution in [0.25, 0.3) is 0 Å². The van der Waals surface area contributed by atoms with Crippen LogP contribution < -0.4 is 0 Å². The molecule has 2 aliphatic heterocycles. The third kappa shape index (κ3) is 3.08. The Kier molecular flexibility index (Phi) is 4.61. The van der Waals surface area contributed by atoms with E-state index in [-0.39, 0.29) is 5.75 Å². The topological polar surface area (TPSA) is 56.1 Å². The molecule has 0 unspecified atom stereocenters. The molecule has 1 N–H and O–H groups in total. The molecule has 1 saturated heterocycles. The number of carbonyl (C=O) groups excluding carboxylic acids is 1. The first-order chi connectivity index (χ1) is 10.8. The number of aldehydes is 1. The molecule has 0 amide bonds. The average Bonchev–Trinajstić information content (AvgIpc) is 2.56. The number of aromatic hydroxyl groups is 1. The second kappa shape index (κ2) is 6.81. The highest BCUT2D eigenvalue weighted by atomic mass is 16.3. The fraction of sp³-hybridized carbons (Fsp3) is 0.529. The van der Waals surface area contributed by atoms with Crippen LogP contribution in [0.15, 0.2) is 23.2 Å². The summed E-state index contributed by atoms with van der Waals surface area (Å²) >= 11 is 0. The van der Waals surface area contributed by atoms with E-state index in [0.29, 0.717) is 11.8 Å². The zero-order chi connectivity index (χ0) is 15.4. The van der Waals surface area contributed by atoms with Gasteiger partial charge < -0.3 is 14.9 Å². The van der Waals surface area contributed by atoms with Gasteiger partial charge in [-0.3, -0.25) is 9.79 Å². The van der Waals surface area contributed by atoms with E-state index in [1.807, 2.05) is 12.1 Å². The van der Waals surface area contributed by atoms with Crippen LogP contribution in [-0.2, 0) is 6.42 Å². The van der Waals surface area contributed by atoms with E-state index in [1.54, 1.807) is 6.07 Å². The minimum absolute atomic E-state index is 0.132. The molecule has 0 bridgehead atoms. The number of phenolic OH excluding ortho intramolecular Hbond substituents is 1. The molecular weight excluding hydrogens is 278 g/mol. The molecule has 0 radical (unpaired) electrons. The van der Waals surface area contributed by atoms with Crippen LogP contribution in [0, 0.1) is 0 Å². The Bertz CT molecular complexity index is 571. The molecule has 5 heteroatoms. The van der Waals surface area contributed by atoms with Crippen molar-refractivity contribution in [2.75, 3.05) is 32.7 Å². The van der Waals surface area contributed by atoms with Gasteiger partial charge in [-0.1, -0.05) is 12.1 Å². The lowest BCUT2D eigenvalue weighted by molar-refractivity contribution is 0.112. The standard InChI is InChI=1S/C17H23N3O2/c21-13-15-6-1-5-14(16(15)22)7-2-9-19-11-4-12-20-10-3-8-18-17(19)20/h1,5-6,13,22H,2-4,7-12H2. The first kappa shape index (κ1) is 14.9. The number of para-hydroxylation sites is 1. The van der Waals surface area contributed by atoms with E-state index in [9.17, 15) is 9.90 Å². The van der Waals surface area contributed by atoms with Gasteiger partial charge in [-0.2, -0.15) is 0 Å². The van der Waals surface area contributed by atoms with Crippen LogP contribution in [0.2, 0.25) is 0 Å². The number of fused-ring (bicyclic) bond motifs is 1. The number of nitrogens with zero attached hydrogens (tertiary/aromatic N) is 3. The highest BCUT2D eigenvalue weighted by molar-refractivity contribution is 5.81. The smallest absolute Gasteiger partial charge is 0.196 e. The summed E-state index contributed by atoms with van der Waals surface area (Å²) in [6, 6.07) is 5.36. The molecule has 5 nitrogen and oxygen atoms in total. The molecule has 1 aromatic rings. The van der Waals surface area contributed by atoms with Crippen LogP contribution in [0.1, 0.15) is 35.2 Å². The predicted molar refractivity (Wildman–Crippen MR) is 86.5 cm³/mol. The molecule has 0 atom stereocenters. The number of aliphatic imine (C=N–C) groups is 1. The minimum atomic E-state index is 0.132. The predicted octanol–water partition coefficient (Wildman–Crippen LogP) is 1.90. The molecule has 1 fully saturated rings. The quantitative estimate of drug-likeness (QED) is 0.844. The van der Waals surface area contributed by atoms with Crippen LogP contribution in [0.3, 0.4) is 0 Å². The highest BCUT2D eigenvalue weighted by Gasteiger charge is 2.24. The Balaban J connectivity index is 1.59. The third-order valence-electron chi connectivity index (χ3n) is 4.41. The van der Waals surface area contributed by atoms with Crippen LogP contribution >= 0.6 is 0 Å². The van der Waals surface area contributed by atoms with E-state index < -0.39 is 0 Å². The zero-order valence-electron chi connectivity index (χ0n) is 12.9. The van der Waals surface area contributed by atoms with Gasteiger partial charge in [0.25, 0.3) is 0 Å². The van der Waals surface area contributed by atoms with Gasteiger partial charge in [0.1, 0.15) is 5.75 Å². The molecule has 2 heterocycles. The molecule has 2 aliphatic rings. The van der Waals surface area contributed by atoms with E-state index in [0.717, 1.165) is 63.5 Å². The molecule has 118 valence electrons. The molecule has 0 aromatic heterocycles. The summed E-state index contributed by atoms with van der Waals surface area (Å²) in [5.74, 6) is 1.29. The largest absolute Gasteiger partial charge is 0.507 e. The maximum atomic E-state index is 10.9. The van der Waals surface area contributed by atoms with Gasteiger partial charge in [0, 0.05) is 32.7 Å². The molecular formula is C17H23N3O2. The third-order valence-corrected chi connectivity index (χ3v) is 4.41. The Hall–Kier alpha value is -2.04. The summed E-state index contributed by atoms with van der Waals surface area (Å²) in [7, 11) is 0. The van der Waals surface area contributed by atoms with Gasteiger partial charge in [0.15, 0.2) is 12.2 Å². The summed E-state index contributed by atoms with van der Waals surface area (Å²) in [5.41, 5.74) is 1.22. The van der Waals surface area contributed by atoms with Crippen molar-refractivity contribution >= 4 is 12.2 Å². The second-order valence-electron chi connectivity index (χ2n) is 5.94. The van der Waals surface area contributed by atoms with Crippen molar-refractivity contribution in [1.82, 2.24) is 9.80 Å². The fourth-order valence-electron chi connectivity index (χ4n) is 3.29. The van der Waals surface area contributed by atoms with Crippen molar-refractivity contribution in [2.45, 2.75) is 25.7 Å². The average molecular weight is 301 g/mol. The fourth-order valence-corrected chi connectivity index (χ4v) is 3.29. The maximum Gasteiger partial charge on any atom is 0.196 e.